The molecule has 2 aromatic rings. The fraction of sp³-hybridized carbons (Fsp3) is 0.440. The zero-order chi connectivity index (χ0) is 24.6. The topological polar surface area (TPSA) is 102 Å². The molecular formula is C25H34NO6P. The first-order valence-corrected chi connectivity index (χ1v) is 12.8. The molecule has 33 heavy (non-hydrogen) atoms. The van der Waals surface area contributed by atoms with Crippen molar-refractivity contribution in [2.75, 3.05) is 13.2 Å². The predicted octanol–water partition coefficient (Wildman–Crippen LogP) is 5.18. The first kappa shape index (κ1) is 26.8. The van der Waals surface area contributed by atoms with Crippen LogP contribution in [-0.2, 0) is 36.4 Å². The lowest BCUT2D eigenvalue weighted by Crippen LogP contribution is -2.42. The maximum absolute atomic E-state index is 12.7. The number of aliphatic carboxylic acids is 1. The summed E-state index contributed by atoms with van der Waals surface area (Å²) in [6, 6.07) is 13.2. The Kier molecular flexibility index (Phi) is 9.41. The van der Waals surface area contributed by atoms with Crippen LogP contribution in [0.2, 0.25) is 0 Å². The van der Waals surface area contributed by atoms with Crippen molar-refractivity contribution in [1.29, 1.82) is 0 Å². The van der Waals surface area contributed by atoms with Crippen LogP contribution >= 0.6 is 7.60 Å². The molecule has 1 atom stereocenters. The first-order valence-electron chi connectivity index (χ1n) is 11.1. The van der Waals surface area contributed by atoms with Crippen molar-refractivity contribution < 1.29 is 28.3 Å². The van der Waals surface area contributed by atoms with Crippen molar-refractivity contribution in [2.45, 2.75) is 58.7 Å². The van der Waals surface area contributed by atoms with Gasteiger partial charge in [-0.15, -0.1) is 0 Å². The quantitative estimate of drug-likeness (QED) is 0.435. The molecular weight excluding hydrogens is 441 g/mol. The molecule has 0 aromatic heterocycles. The van der Waals surface area contributed by atoms with Crippen LogP contribution in [0.3, 0.4) is 0 Å². The molecule has 0 heterocycles. The van der Waals surface area contributed by atoms with Gasteiger partial charge in [-0.2, -0.15) is 0 Å². The summed E-state index contributed by atoms with van der Waals surface area (Å²) in [6.45, 7) is 10.4. The molecule has 0 aliphatic rings. The maximum atomic E-state index is 12.7. The Morgan fingerprint density at radius 2 is 1.45 bits per heavy atom. The summed E-state index contributed by atoms with van der Waals surface area (Å²) in [7, 11) is -3.25. The predicted molar refractivity (Wildman–Crippen MR) is 129 cm³/mol. The molecule has 2 N–H and O–H groups in total. The summed E-state index contributed by atoms with van der Waals surface area (Å²) in [5.74, 6) is -1.59. The standard InChI is InChI=1S/C25H34NO6P/c1-6-31-33(30,32-7-2)17-19-8-12-20(13-9-19)23(27)26-22(24(28)29)16-18-10-14-21(15-11-18)25(3,4)5/h8-15,22H,6-7,16-17H2,1-5H3,(H,26,27)(H,28,29)/t22-/m1/s1. The molecule has 0 saturated carbocycles. The highest BCUT2D eigenvalue weighted by atomic mass is 31.2. The number of nitrogens with one attached hydrogen (secondary N) is 1. The molecule has 0 fully saturated rings. The van der Waals surface area contributed by atoms with Crippen LogP contribution < -0.4 is 5.32 Å². The number of amides is 1. The fourth-order valence-electron chi connectivity index (χ4n) is 3.33. The van der Waals surface area contributed by atoms with Gasteiger partial charge >= 0.3 is 13.6 Å². The highest BCUT2D eigenvalue weighted by Gasteiger charge is 2.25. The van der Waals surface area contributed by atoms with Crippen LogP contribution in [0.4, 0.5) is 0 Å². The van der Waals surface area contributed by atoms with Gasteiger partial charge < -0.3 is 19.5 Å². The van der Waals surface area contributed by atoms with Crippen LogP contribution in [0.5, 0.6) is 0 Å². The Bertz CT molecular complexity index is 969. The molecule has 0 radical (unpaired) electrons. The Hall–Kier alpha value is -2.47. The van der Waals surface area contributed by atoms with Crippen molar-refractivity contribution in [3.05, 3.63) is 70.8 Å². The summed E-state index contributed by atoms with van der Waals surface area (Å²) in [5, 5.41) is 12.2. The normalized spacial score (nSPS) is 12.9. The van der Waals surface area contributed by atoms with Crippen molar-refractivity contribution in [1.82, 2.24) is 5.32 Å². The average molecular weight is 476 g/mol. The molecule has 0 aliphatic heterocycles. The molecule has 0 saturated heterocycles. The molecule has 180 valence electrons. The SMILES string of the molecule is CCOP(=O)(Cc1ccc(C(=O)N[C@H](Cc2ccc(C(C)(C)C)cc2)C(=O)O)cc1)OCC. The van der Waals surface area contributed by atoms with Gasteiger partial charge in [-0.25, -0.2) is 4.79 Å². The van der Waals surface area contributed by atoms with Gasteiger partial charge in [0.2, 0.25) is 0 Å². The maximum Gasteiger partial charge on any atom is 0.335 e. The second-order valence-corrected chi connectivity index (χ2v) is 10.9. The van der Waals surface area contributed by atoms with E-state index in [4.69, 9.17) is 9.05 Å². The molecule has 0 spiro atoms. The van der Waals surface area contributed by atoms with Gasteiger partial charge in [0.25, 0.3) is 5.91 Å². The number of benzene rings is 2. The minimum Gasteiger partial charge on any atom is -0.480 e. The van der Waals surface area contributed by atoms with E-state index in [2.05, 4.69) is 26.1 Å². The van der Waals surface area contributed by atoms with E-state index in [1.54, 1.807) is 38.1 Å². The van der Waals surface area contributed by atoms with Crippen molar-refractivity contribution >= 4 is 19.5 Å². The van der Waals surface area contributed by atoms with Crippen LogP contribution in [0, 0.1) is 0 Å². The molecule has 0 bridgehead atoms. The Labute approximate surface area is 196 Å². The van der Waals surface area contributed by atoms with Crippen molar-refractivity contribution in [3.63, 3.8) is 0 Å². The number of carbonyl (C=O) groups is 2. The zero-order valence-corrected chi connectivity index (χ0v) is 20.9. The number of carbonyl (C=O) groups excluding carboxylic acids is 1. The van der Waals surface area contributed by atoms with E-state index < -0.39 is 25.5 Å². The summed E-state index contributed by atoms with van der Waals surface area (Å²) in [6.07, 6.45) is 0.272. The van der Waals surface area contributed by atoms with Gasteiger partial charge in [0.05, 0.1) is 19.4 Å². The van der Waals surface area contributed by atoms with E-state index in [0.29, 0.717) is 11.1 Å². The van der Waals surface area contributed by atoms with Crippen LogP contribution in [-0.4, -0.2) is 36.2 Å². The Morgan fingerprint density at radius 1 is 0.939 bits per heavy atom. The van der Waals surface area contributed by atoms with E-state index in [-0.39, 0.29) is 31.2 Å². The highest BCUT2D eigenvalue weighted by molar-refractivity contribution is 7.53. The minimum atomic E-state index is -3.25. The van der Waals surface area contributed by atoms with Crippen LogP contribution in [0.1, 0.15) is 61.7 Å². The number of hydrogen-bond acceptors (Lipinski definition) is 5. The molecule has 0 unspecified atom stereocenters. The Morgan fingerprint density at radius 3 is 1.91 bits per heavy atom. The van der Waals surface area contributed by atoms with Gasteiger partial charge in [-0.1, -0.05) is 57.2 Å². The van der Waals surface area contributed by atoms with Gasteiger partial charge in [0, 0.05) is 12.0 Å². The smallest absolute Gasteiger partial charge is 0.335 e. The summed E-state index contributed by atoms with van der Waals surface area (Å²) < 4.78 is 23.3. The molecule has 7 nitrogen and oxygen atoms in total. The average Bonchev–Trinajstić information content (AvgIpc) is 2.73. The number of carboxylic acid groups (broad SMARTS) is 1. The third kappa shape index (κ3) is 8.11. The number of hydrogen-bond donors (Lipinski definition) is 2. The number of rotatable bonds is 11. The largest absolute Gasteiger partial charge is 0.480 e. The minimum absolute atomic E-state index is 0.00415. The van der Waals surface area contributed by atoms with Crippen molar-refractivity contribution in [2.24, 2.45) is 0 Å². The van der Waals surface area contributed by atoms with E-state index in [0.717, 1.165) is 11.1 Å². The van der Waals surface area contributed by atoms with Crippen LogP contribution in [0.25, 0.3) is 0 Å². The summed E-state index contributed by atoms with van der Waals surface area (Å²) in [5.41, 5.74) is 3.00. The van der Waals surface area contributed by atoms with E-state index >= 15 is 0 Å². The zero-order valence-electron chi connectivity index (χ0n) is 20.0. The second-order valence-electron chi connectivity index (χ2n) is 8.82. The third-order valence-electron chi connectivity index (χ3n) is 5.11. The van der Waals surface area contributed by atoms with E-state index in [9.17, 15) is 19.3 Å². The van der Waals surface area contributed by atoms with Gasteiger partial charge in [0.15, 0.2) is 0 Å². The molecule has 2 rings (SSSR count). The summed E-state index contributed by atoms with van der Waals surface area (Å²) >= 11 is 0. The molecule has 2 aromatic carbocycles. The van der Waals surface area contributed by atoms with E-state index in [1.165, 1.54) is 0 Å². The monoisotopic (exact) mass is 475 g/mol. The number of carboxylic acids is 1. The lowest BCUT2D eigenvalue weighted by Gasteiger charge is -2.20. The summed E-state index contributed by atoms with van der Waals surface area (Å²) in [4.78, 5) is 24.4. The lowest BCUT2D eigenvalue weighted by atomic mass is 9.86. The fourth-order valence-corrected chi connectivity index (χ4v) is 5.03. The van der Waals surface area contributed by atoms with Crippen LogP contribution in [0.15, 0.2) is 48.5 Å². The molecule has 0 aliphatic carbocycles. The molecule has 1 amide bonds. The van der Waals surface area contributed by atoms with Gasteiger partial charge in [-0.3, -0.25) is 9.36 Å². The van der Waals surface area contributed by atoms with E-state index in [1.807, 2.05) is 24.3 Å². The first-order chi connectivity index (χ1) is 15.5. The lowest BCUT2D eigenvalue weighted by molar-refractivity contribution is -0.139. The second kappa shape index (κ2) is 11.6. The van der Waals surface area contributed by atoms with Gasteiger partial charge in [-0.05, 0) is 48.1 Å². The highest BCUT2D eigenvalue weighted by Crippen LogP contribution is 2.51. The van der Waals surface area contributed by atoms with Gasteiger partial charge in [0.1, 0.15) is 6.04 Å². The molecule has 8 heteroatoms. The Balaban J connectivity index is 2.06. The third-order valence-corrected chi connectivity index (χ3v) is 7.16. The van der Waals surface area contributed by atoms with Crippen molar-refractivity contribution in [3.8, 4) is 0 Å².